The van der Waals surface area contributed by atoms with Gasteiger partial charge in [-0.15, -0.1) is 0 Å². The number of methoxy groups -OCH3 is 1. The van der Waals surface area contributed by atoms with Gasteiger partial charge in [-0.1, -0.05) is 11.8 Å². The maximum absolute atomic E-state index is 10.4. The molecule has 0 aromatic rings. The van der Waals surface area contributed by atoms with Crippen LogP contribution < -0.4 is 0 Å². The average Bonchev–Trinajstić information content (AvgIpc) is 2.09. The Bertz CT molecular complexity index is 259. The van der Waals surface area contributed by atoms with E-state index in [2.05, 4.69) is 28.4 Å². The van der Waals surface area contributed by atoms with Crippen molar-refractivity contribution in [1.29, 1.82) is 0 Å². The molecule has 0 bridgehead atoms. The lowest BCUT2D eigenvalue weighted by molar-refractivity contribution is -0.120. The van der Waals surface area contributed by atoms with E-state index in [1.165, 1.54) is 6.92 Å². The number of hydrogen-bond acceptors (Lipinski definition) is 3. The Morgan fingerprint density at radius 2 is 1.85 bits per heavy atom. The number of rotatable bonds is 4. The number of hydrogen-bond donors (Lipinski definition) is 0. The average molecular weight is 180 g/mol. The Labute approximate surface area is 78.4 Å². The van der Waals surface area contributed by atoms with E-state index in [-0.39, 0.29) is 19.0 Å². The van der Waals surface area contributed by atoms with Crippen LogP contribution in [0.4, 0.5) is 0 Å². The molecule has 0 radical (unpaired) electrons. The van der Waals surface area contributed by atoms with E-state index in [1.807, 2.05) is 0 Å². The fraction of sp³-hybridized carbons (Fsp3) is 0.500. The van der Waals surface area contributed by atoms with Gasteiger partial charge in [-0.25, -0.2) is 0 Å². The molecule has 3 heteroatoms. The SMILES string of the molecule is COCC#CC#CCOCC(C)=O. The molecular formula is C10H12O3. The third-order valence-electron chi connectivity index (χ3n) is 0.935. The molecule has 0 heterocycles. The van der Waals surface area contributed by atoms with Gasteiger partial charge in [0.15, 0.2) is 5.78 Å². The topological polar surface area (TPSA) is 35.5 Å². The first-order chi connectivity index (χ1) is 6.27. The van der Waals surface area contributed by atoms with Crippen LogP contribution in [0.5, 0.6) is 0 Å². The number of carbonyl (C=O) groups excluding carboxylic acids is 1. The van der Waals surface area contributed by atoms with Gasteiger partial charge in [0.2, 0.25) is 0 Å². The summed E-state index contributed by atoms with van der Waals surface area (Å²) in [4.78, 5) is 10.4. The molecular weight excluding hydrogens is 168 g/mol. The summed E-state index contributed by atoms with van der Waals surface area (Å²) in [7, 11) is 1.57. The zero-order chi connectivity index (χ0) is 9.94. The fourth-order valence-electron chi connectivity index (χ4n) is 0.479. The summed E-state index contributed by atoms with van der Waals surface area (Å²) in [5, 5.41) is 0. The van der Waals surface area contributed by atoms with E-state index in [4.69, 9.17) is 4.74 Å². The molecule has 0 fully saturated rings. The minimum Gasteiger partial charge on any atom is -0.372 e. The van der Waals surface area contributed by atoms with Crippen LogP contribution in [-0.4, -0.2) is 32.7 Å². The van der Waals surface area contributed by atoms with Crippen LogP contribution in [0.3, 0.4) is 0 Å². The van der Waals surface area contributed by atoms with E-state index in [1.54, 1.807) is 7.11 Å². The molecule has 0 unspecified atom stereocenters. The first-order valence-corrected chi connectivity index (χ1v) is 3.79. The highest BCUT2D eigenvalue weighted by Crippen LogP contribution is 1.73. The van der Waals surface area contributed by atoms with Crippen LogP contribution in [0.1, 0.15) is 6.92 Å². The van der Waals surface area contributed by atoms with Gasteiger partial charge < -0.3 is 9.47 Å². The number of Topliss-reactive ketones (excluding diaryl/α,β-unsaturated/α-hetero) is 1. The van der Waals surface area contributed by atoms with E-state index >= 15 is 0 Å². The predicted molar refractivity (Wildman–Crippen MR) is 48.9 cm³/mol. The number of ether oxygens (including phenoxy) is 2. The Morgan fingerprint density at radius 1 is 1.23 bits per heavy atom. The van der Waals surface area contributed by atoms with Crippen molar-refractivity contribution in [1.82, 2.24) is 0 Å². The van der Waals surface area contributed by atoms with Crippen LogP contribution in [0.2, 0.25) is 0 Å². The first-order valence-electron chi connectivity index (χ1n) is 3.79. The van der Waals surface area contributed by atoms with Gasteiger partial charge >= 0.3 is 0 Å². The molecule has 0 atom stereocenters. The zero-order valence-corrected chi connectivity index (χ0v) is 7.85. The monoisotopic (exact) mass is 180 g/mol. The van der Waals surface area contributed by atoms with Gasteiger partial charge in [0, 0.05) is 7.11 Å². The highest BCUT2D eigenvalue weighted by atomic mass is 16.5. The second-order valence-corrected chi connectivity index (χ2v) is 2.23. The summed E-state index contributed by atoms with van der Waals surface area (Å²) in [6, 6.07) is 0. The van der Waals surface area contributed by atoms with Crippen LogP contribution >= 0.6 is 0 Å². The Balaban J connectivity index is 3.41. The van der Waals surface area contributed by atoms with Gasteiger partial charge in [-0.05, 0) is 18.8 Å². The van der Waals surface area contributed by atoms with E-state index in [0.29, 0.717) is 6.61 Å². The molecule has 0 saturated carbocycles. The smallest absolute Gasteiger partial charge is 0.155 e. The Kier molecular flexibility index (Phi) is 7.93. The highest BCUT2D eigenvalue weighted by molar-refractivity contribution is 5.76. The molecule has 0 aromatic heterocycles. The second kappa shape index (κ2) is 8.80. The van der Waals surface area contributed by atoms with Gasteiger partial charge in [0.1, 0.15) is 19.8 Å². The molecule has 13 heavy (non-hydrogen) atoms. The molecule has 0 saturated heterocycles. The molecule has 0 rings (SSSR count). The standard InChI is InChI=1S/C10H12O3/c1-10(11)9-13-8-6-4-3-5-7-12-2/h7-9H2,1-2H3. The fourth-order valence-corrected chi connectivity index (χ4v) is 0.479. The summed E-state index contributed by atoms with van der Waals surface area (Å²) < 4.78 is 9.56. The minimum absolute atomic E-state index is 0.00716. The van der Waals surface area contributed by atoms with E-state index in [0.717, 1.165) is 0 Å². The summed E-state index contributed by atoms with van der Waals surface area (Å²) in [6.45, 7) is 2.19. The maximum Gasteiger partial charge on any atom is 0.155 e. The van der Waals surface area contributed by atoms with E-state index in [9.17, 15) is 4.79 Å². The maximum atomic E-state index is 10.4. The Morgan fingerprint density at radius 3 is 2.38 bits per heavy atom. The van der Waals surface area contributed by atoms with Gasteiger partial charge in [0.05, 0.1) is 0 Å². The summed E-state index contributed by atoms with van der Waals surface area (Å²) in [5.41, 5.74) is 0. The lowest BCUT2D eigenvalue weighted by atomic mass is 10.5. The predicted octanol–water partition coefficient (Wildman–Crippen LogP) is 0.245. The van der Waals surface area contributed by atoms with Crippen LogP contribution in [-0.2, 0) is 14.3 Å². The third kappa shape index (κ3) is 10.7. The number of carbonyl (C=O) groups is 1. The quantitative estimate of drug-likeness (QED) is 0.459. The van der Waals surface area contributed by atoms with Crippen molar-refractivity contribution in [2.24, 2.45) is 0 Å². The molecule has 0 aromatic carbocycles. The van der Waals surface area contributed by atoms with Crippen molar-refractivity contribution >= 4 is 5.78 Å². The lowest BCUT2D eigenvalue weighted by Crippen LogP contribution is -2.03. The van der Waals surface area contributed by atoms with Gasteiger partial charge in [-0.2, -0.15) is 0 Å². The highest BCUT2D eigenvalue weighted by Gasteiger charge is 1.88. The molecule has 0 aliphatic rings. The van der Waals surface area contributed by atoms with Crippen LogP contribution in [0.25, 0.3) is 0 Å². The van der Waals surface area contributed by atoms with Crippen molar-refractivity contribution in [3.8, 4) is 23.7 Å². The Hall–Kier alpha value is -1.29. The number of ketones is 1. The summed E-state index contributed by atoms with van der Waals surface area (Å²) >= 11 is 0. The van der Waals surface area contributed by atoms with Gasteiger partial charge in [-0.3, -0.25) is 4.79 Å². The molecule has 0 aliphatic heterocycles. The third-order valence-corrected chi connectivity index (χ3v) is 0.935. The van der Waals surface area contributed by atoms with E-state index < -0.39 is 0 Å². The first kappa shape index (κ1) is 11.7. The molecule has 0 aliphatic carbocycles. The molecule has 0 N–H and O–H groups in total. The van der Waals surface area contributed by atoms with Crippen molar-refractivity contribution in [3.63, 3.8) is 0 Å². The molecule has 3 nitrogen and oxygen atoms in total. The zero-order valence-electron chi connectivity index (χ0n) is 7.85. The second-order valence-electron chi connectivity index (χ2n) is 2.23. The summed E-state index contributed by atoms with van der Waals surface area (Å²) in [6.07, 6.45) is 0. The van der Waals surface area contributed by atoms with Crippen LogP contribution in [0.15, 0.2) is 0 Å². The van der Waals surface area contributed by atoms with Crippen molar-refractivity contribution in [3.05, 3.63) is 0 Å². The van der Waals surface area contributed by atoms with Crippen molar-refractivity contribution in [2.75, 3.05) is 26.9 Å². The molecule has 0 spiro atoms. The van der Waals surface area contributed by atoms with Crippen LogP contribution in [0, 0.1) is 23.7 Å². The lowest BCUT2D eigenvalue weighted by Gasteiger charge is -1.91. The van der Waals surface area contributed by atoms with Crippen molar-refractivity contribution in [2.45, 2.75) is 6.92 Å². The normalized spacial score (nSPS) is 7.85. The van der Waals surface area contributed by atoms with Gasteiger partial charge in [0.25, 0.3) is 0 Å². The largest absolute Gasteiger partial charge is 0.372 e. The molecule has 70 valence electrons. The van der Waals surface area contributed by atoms with Crippen molar-refractivity contribution < 1.29 is 14.3 Å². The minimum atomic E-state index is -0.00716. The molecule has 0 amide bonds. The summed E-state index contributed by atoms with van der Waals surface area (Å²) in [5.74, 6) is 10.4.